The molecule has 1 N–H and O–H groups in total. The highest BCUT2D eigenvalue weighted by atomic mass is 19.4. The highest BCUT2D eigenvalue weighted by molar-refractivity contribution is 6.03. The van der Waals surface area contributed by atoms with Crippen LogP contribution in [0.3, 0.4) is 0 Å². The Morgan fingerprint density at radius 3 is 2.15 bits per heavy atom. The molecule has 8 heteroatoms. The van der Waals surface area contributed by atoms with Crippen molar-refractivity contribution in [2.24, 2.45) is 0 Å². The first-order valence-electron chi connectivity index (χ1n) is 10.4. The number of benzene rings is 3. The van der Waals surface area contributed by atoms with Crippen LogP contribution in [0.4, 0.5) is 18.9 Å². The van der Waals surface area contributed by atoms with Crippen molar-refractivity contribution in [1.82, 2.24) is 14.6 Å². The van der Waals surface area contributed by atoms with E-state index < -0.39 is 17.6 Å². The highest BCUT2D eigenvalue weighted by Gasteiger charge is 2.30. The molecule has 0 bridgehead atoms. The summed E-state index contributed by atoms with van der Waals surface area (Å²) in [6, 6.07) is 27.0. The Hall–Kier alpha value is -4.46. The molecule has 3 aromatic carbocycles. The number of amides is 1. The molecule has 0 aliphatic carbocycles. The zero-order valence-electron chi connectivity index (χ0n) is 17.6. The third-order valence-corrected chi connectivity index (χ3v) is 5.25. The van der Waals surface area contributed by atoms with Crippen LogP contribution in [0.5, 0.6) is 0 Å². The molecule has 2 heterocycles. The summed E-state index contributed by atoms with van der Waals surface area (Å²) >= 11 is 0. The highest BCUT2D eigenvalue weighted by Crippen LogP contribution is 2.31. The molecule has 5 nitrogen and oxygen atoms in total. The minimum atomic E-state index is -4.51. The summed E-state index contributed by atoms with van der Waals surface area (Å²) < 4.78 is 40.6. The minimum absolute atomic E-state index is 0.0260. The van der Waals surface area contributed by atoms with Gasteiger partial charge >= 0.3 is 6.18 Å². The molecule has 0 saturated carbocycles. The van der Waals surface area contributed by atoms with Gasteiger partial charge in [0.2, 0.25) is 0 Å². The summed E-state index contributed by atoms with van der Waals surface area (Å²) in [5, 5.41) is 6.91. The predicted molar refractivity (Wildman–Crippen MR) is 123 cm³/mol. The van der Waals surface area contributed by atoms with E-state index in [1.54, 1.807) is 4.52 Å². The van der Waals surface area contributed by atoms with Crippen LogP contribution in [-0.4, -0.2) is 20.5 Å². The number of carbonyl (C=O) groups excluding carboxylic acids is 1. The summed E-state index contributed by atoms with van der Waals surface area (Å²) in [6.45, 7) is 0. The number of aromatic nitrogens is 3. The van der Waals surface area contributed by atoms with Gasteiger partial charge in [-0.2, -0.15) is 18.3 Å². The fourth-order valence-electron chi connectivity index (χ4n) is 3.63. The second kappa shape index (κ2) is 8.47. The molecule has 0 atom stereocenters. The van der Waals surface area contributed by atoms with Crippen molar-refractivity contribution in [3.8, 4) is 22.5 Å². The molecule has 0 aliphatic rings. The molecule has 34 heavy (non-hydrogen) atoms. The molecule has 168 valence electrons. The van der Waals surface area contributed by atoms with E-state index >= 15 is 0 Å². The van der Waals surface area contributed by atoms with E-state index in [0.717, 1.165) is 29.0 Å². The van der Waals surface area contributed by atoms with E-state index in [-0.39, 0.29) is 11.4 Å². The van der Waals surface area contributed by atoms with Gasteiger partial charge in [0.1, 0.15) is 0 Å². The predicted octanol–water partition coefficient (Wildman–Crippen LogP) is 6.33. The maximum Gasteiger partial charge on any atom is 0.416 e. The van der Waals surface area contributed by atoms with Crippen LogP contribution in [-0.2, 0) is 6.18 Å². The van der Waals surface area contributed by atoms with Crippen molar-refractivity contribution in [3.63, 3.8) is 0 Å². The molecule has 2 aromatic heterocycles. The smallest absolute Gasteiger partial charge is 0.321 e. The molecular weight excluding hydrogens is 441 g/mol. The van der Waals surface area contributed by atoms with Crippen molar-refractivity contribution in [2.45, 2.75) is 6.18 Å². The van der Waals surface area contributed by atoms with Gasteiger partial charge in [-0.05, 0) is 24.3 Å². The number of rotatable bonds is 4. The summed E-state index contributed by atoms with van der Waals surface area (Å²) in [6.07, 6.45) is -4.51. The molecule has 0 aliphatic heterocycles. The Morgan fingerprint density at radius 1 is 0.794 bits per heavy atom. The first-order valence-corrected chi connectivity index (χ1v) is 10.4. The quantitative estimate of drug-likeness (QED) is 0.342. The number of halogens is 3. The van der Waals surface area contributed by atoms with Gasteiger partial charge in [0.05, 0.1) is 17.0 Å². The van der Waals surface area contributed by atoms with Crippen LogP contribution in [0.2, 0.25) is 0 Å². The second-order valence-electron chi connectivity index (χ2n) is 7.59. The third kappa shape index (κ3) is 4.25. The summed E-state index contributed by atoms with van der Waals surface area (Å²) in [5.41, 5.74) is 2.86. The van der Waals surface area contributed by atoms with Crippen LogP contribution in [0, 0.1) is 0 Å². The van der Waals surface area contributed by atoms with Gasteiger partial charge in [0, 0.05) is 22.9 Å². The first-order chi connectivity index (χ1) is 16.4. The lowest BCUT2D eigenvalue weighted by Gasteiger charge is -2.09. The number of nitrogens with one attached hydrogen (secondary N) is 1. The fourth-order valence-corrected chi connectivity index (χ4v) is 3.63. The van der Waals surface area contributed by atoms with Gasteiger partial charge < -0.3 is 5.32 Å². The topological polar surface area (TPSA) is 59.3 Å². The SMILES string of the molecule is O=C(Nc1cccc(C(F)(F)F)c1)c1cc2nc(-c3ccccc3)cc(-c3ccccc3)n2n1. The van der Waals surface area contributed by atoms with Crippen molar-refractivity contribution < 1.29 is 18.0 Å². The minimum Gasteiger partial charge on any atom is -0.321 e. The fraction of sp³-hybridized carbons (Fsp3) is 0.0385. The molecule has 0 saturated heterocycles. The standard InChI is InChI=1S/C26H17F3N4O/c27-26(28,29)19-12-7-13-20(14-19)30-25(34)22-16-24-31-21(17-8-3-1-4-9-17)15-23(33(24)32-22)18-10-5-2-6-11-18/h1-16H,(H,30,34). The molecular formula is C26H17F3N4O. The number of anilines is 1. The lowest BCUT2D eigenvalue weighted by atomic mass is 10.1. The van der Waals surface area contributed by atoms with E-state index in [9.17, 15) is 18.0 Å². The summed E-state index contributed by atoms with van der Waals surface area (Å²) in [7, 11) is 0. The number of fused-ring (bicyclic) bond motifs is 1. The van der Waals surface area contributed by atoms with Crippen LogP contribution in [0.15, 0.2) is 97.1 Å². The van der Waals surface area contributed by atoms with Gasteiger partial charge in [-0.25, -0.2) is 9.50 Å². The van der Waals surface area contributed by atoms with E-state index in [2.05, 4.69) is 15.4 Å². The molecule has 0 radical (unpaired) electrons. The number of alkyl halides is 3. The van der Waals surface area contributed by atoms with Gasteiger partial charge in [0.25, 0.3) is 5.91 Å². The van der Waals surface area contributed by atoms with Crippen molar-refractivity contribution in [3.05, 3.63) is 108 Å². The van der Waals surface area contributed by atoms with Crippen molar-refractivity contribution >= 4 is 17.2 Å². The van der Waals surface area contributed by atoms with E-state index in [4.69, 9.17) is 0 Å². The van der Waals surface area contributed by atoms with E-state index in [1.165, 1.54) is 18.2 Å². The lowest BCUT2D eigenvalue weighted by Crippen LogP contribution is -2.14. The maximum atomic E-state index is 13.0. The van der Waals surface area contributed by atoms with Gasteiger partial charge in [-0.3, -0.25) is 4.79 Å². The van der Waals surface area contributed by atoms with Gasteiger partial charge in [0.15, 0.2) is 11.3 Å². The summed E-state index contributed by atoms with van der Waals surface area (Å²) in [5.74, 6) is -0.634. The van der Waals surface area contributed by atoms with Crippen LogP contribution in [0.1, 0.15) is 16.1 Å². The van der Waals surface area contributed by atoms with Gasteiger partial charge in [-0.15, -0.1) is 0 Å². The van der Waals surface area contributed by atoms with Crippen molar-refractivity contribution in [2.75, 3.05) is 5.32 Å². The Morgan fingerprint density at radius 2 is 1.47 bits per heavy atom. The Labute approximate surface area is 192 Å². The van der Waals surface area contributed by atoms with Crippen molar-refractivity contribution in [1.29, 1.82) is 0 Å². The monoisotopic (exact) mass is 458 g/mol. The average molecular weight is 458 g/mol. The number of hydrogen-bond donors (Lipinski definition) is 1. The van der Waals surface area contributed by atoms with Crippen LogP contribution < -0.4 is 5.32 Å². The molecule has 0 unspecified atom stereocenters. The number of hydrogen-bond acceptors (Lipinski definition) is 3. The zero-order valence-corrected chi connectivity index (χ0v) is 17.6. The molecule has 5 aromatic rings. The normalized spacial score (nSPS) is 11.5. The second-order valence-corrected chi connectivity index (χ2v) is 7.59. The van der Waals surface area contributed by atoms with Crippen LogP contribution >= 0.6 is 0 Å². The Bertz CT molecular complexity index is 1480. The largest absolute Gasteiger partial charge is 0.416 e. The zero-order chi connectivity index (χ0) is 23.7. The Kier molecular flexibility index (Phi) is 5.33. The molecule has 1 amide bonds. The van der Waals surface area contributed by atoms with E-state index in [1.807, 2.05) is 66.7 Å². The average Bonchev–Trinajstić information content (AvgIpc) is 3.29. The number of carbonyl (C=O) groups is 1. The van der Waals surface area contributed by atoms with Gasteiger partial charge in [-0.1, -0.05) is 66.7 Å². The molecule has 0 fully saturated rings. The summed E-state index contributed by atoms with van der Waals surface area (Å²) in [4.78, 5) is 17.5. The Balaban J connectivity index is 1.57. The first kappa shape index (κ1) is 21.4. The number of nitrogens with zero attached hydrogens (tertiary/aromatic N) is 3. The van der Waals surface area contributed by atoms with E-state index in [0.29, 0.717) is 11.3 Å². The lowest BCUT2D eigenvalue weighted by molar-refractivity contribution is -0.137. The third-order valence-electron chi connectivity index (χ3n) is 5.25. The molecule has 0 spiro atoms. The molecule has 5 rings (SSSR count). The van der Waals surface area contributed by atoms with Crippen LogP contribution in [0.25, 0.3) is 28.2 Å². The maximum absolute atomic E-state index is 13.0.